The Morgan fingerprint density at radius 2 is 1.82 bits per heavy atom. The molecule has 0 aliphatic heterocycles. The van der Waals surface area contributed by atoms with E-state index in [-0.39, 0.29) is 24.2 Å². The summed E-state index contributed by atoms with van der Waals surface area (Å²) in [6.07, 6.45) is 1.60. The summed E-state index contributed by atoms with van der Waals surface area (Å²) in [5.41, 5.74) is 1.19. The molecule has 0 aliphatic rings. The van der Waals surface area contributed by atoms with Crippen LogP contribution in [0.15, 0.2) is 35.3 Å². The summed E-state index contributed by atoms with van der Waals surface area (Å²) < 4.78 is 16.0. The van der Waals surface area contributed by atoms with Crippen LogP contribution < -0.4 is 5.56 Å². The van der Waals surface area contributed by atoms with Crippen LogP contribution in [0.25, 0.3) is 16.6 Å². The Morgan fingerprint density at radius 1 is 1.18 bits per heavy atom. The van der Waals surface area contributed by atoms with Crippen LogP contribution in [0.1, 0.15) is 39.3 Å². The van der Waals surface area contributed by atoms with Crippen molar-refractivity contribution in [2.24, 2.45) is 0 Å². The van der Waals surface area contributed by atoms with Gasteiger partial charge in [0.2, 0.25) is 5.91 Å². The smallest absolute Gasteiger partial charge is 0.293 e. The van der Waals surface area contributed by atoms with Crippen LogP contribution in [0.4, 0.5) is 4.39 Å². The summed E-state index contributed by atoms with van der Waals surface area (Å²) in [6.45, 7) is 8.72. The lowest BCUT2D eigenvalue weighted by molar-refractivity contribution is -0.131. The zero-order chi connectivity index (χ0) is 20.4. The Morgan fingerprint density at radius 3 is 2.39 bits per heavy atom. The van der Waals surface area contributed by atoms with E-state index in [0.717, 1.165) is 0 Å². The summed E-state index contributed by atoms with van der Waals surface area (Å²) in [5, 5.41) is 9.42. The summed E-state index contributed by atoms with van der Waals surface area (Å²) in [6, 6.07) is 5.75. The minimum absolute atomic E-state index is 0.0313. The monoisotopic (exact) mass is 385 g/mol. The highest BCUT2D eigenvalue weighted by molar-refractivity contribution is 5.82. The lowest BCUT2D eigenvalue weighted by Gasteiger charge is -2.19. The van der Waals surface area contributed by atoms with Crippen molar-refractivity contribution in [1.82, 2.24) is 24.5 Å². The lowest BCUT2D eigenvalue weighted by atomic mass is 10.1. The largest absolute Gasteiger partial charge is 0.342 e. The van der Waals surface area contributed by atoms with E-state index in [4.69, 9.17) is 0 Å². The standard InChI is InChI=1S/C20H24FN5O2/c1-5-24(6-2)17(27)12-25-20(28)19-16(18(23-25)13(3)4)11-22-26(19)15-9-7-14(21)8-10-15/h7-11,13H,5-6,12H2,1-4H3. The number of aromatic nitrogens is 4. The Balaban J connectivity index is 2.19. The van der Waals surface area contributed by atoms with Crippen LogP contribution in [-0.4, -0.2) is 43.5 Å². The second-order valence-corrected chi connectivity index (χ2v) is 6.86. The van der Waals surface area contributed by atoms with E-state index in [1.807, 2.05) is 27.7 Å². The van der Waals surface area contributed by atoms with Gasteiger partial charge in [-0.2, -0.15) is 10.2 Å². The van der Waals surface area contributed by atoms with E-state index in [1.54, 1.807) is 23.2 Å². The predicted molar refractivity (Wildman–Crippen MR) is 105 cm³/mol. The van der Waals surface area contributed by atoms with Crippen molar-refractivity contribution in [3.05, 3.63) is 52.3 Å². The van der Waals surface area contributed by atoms with Crippen LogP contribution in [0, 0.1) is 5.82 Å². The van der Waals surface area contributed by atoms with Gasteiger partial charge in [-0.3, -0.25) is 9.59 Å². The summed E-state index contributed by atoms with van der Waals surface area (Å²) in [4.78, 5) is 27.3. The molecule has 2 heterocycles. The van der Waals surface area contributed by atoms with Crippen molar-refractivity contribution >= 4 is 16.8 Å². The molecule has 0 unspecified atom stereocenters. The fourth-order valence-electron chi connectivity index (χ4n) is 3.21. The first-order valence-corrected chi connectivity index (χ1v) is 9.39. The number of hydrogen-bond acceptors (Lipinski definition) is 4. The van der Waals surface area contributed by atoms with Gasteiger partial charge in [0.25, 0.3) is 5.56 Å². The van der Waals surface area contributed by atoms with Crippen LogP contribution in [-0.2, 0) is 11.3 Å². The van der Waals surface area contributed by atoms with Crippen LogP contribution in [0.2, 0.25) is 0 Å². The molecule has 0 spiro atoms. The molecular formula is C20H24FN5O2. The van der Waals surface area contributed by atoms with E-state index in [0.29, 0.717) is 35.4 Å². The molecule has 148 valence electrons. The molecule has 0 atom stereocenters. The highest BCUT2D eigenvalue weighted by Gasteiger charge is 2.21. The number of benzene rings is 1. The van der Waals surface area contributed by atoms with Crippen molar-refractivity contribution in [2.75, 3.05) is 13.1 Å². The second kappa shape index (κ2) is 7.92. The second-order valence-electron chi connectivity index (χ2n) is 6.86. The first-order chi connectivity index (χ1) is 13.4. The van der Waals surface area contributed by atoms with E-state index in [2.05, 4.69) is 10.2 Å². The number of carbonyl (C=O) groups excluding carboxylic acids is 1. The van der Waals surface area contributed by atoms with Crippen LogP contribution >= 0.6 is 0 Å². The van der Waals surface area contributed by atoms with Gasteiger partial charge in [0.05, 0.1) is 17.6 Å². The number of carbonyl (C=O) groups is 1. The van der Waals surface area contributed by atoms with Crippen molar-refractivity contribution in [2.45, 2.75) is 40.2 Å². The number of nitrogens with zero attached hydrogens (tertiary/aromatic N) is 5. The van der Waals surface area contributed by atoms with Gasteiger partial charge in [-0.25, -0.2) is 13.8 Å². The minimum Gasteiger partial charge on any atom is -0.342 e. The molecule has 7 nitrogen and oxygen atoms in total. The topological polar surface area (TPSA) is 73.0 Å². The maximum Gasteiger partial charge on any atom is 0.293 e. The van der Waals surface area contributed by atoms with Crippen LogP contribution in [0.3, 0.4) is 0 Å². The molecular weight excluding hydrogens is 361 g/mol. The third-order valence-electron chi connectivity index (χ3n) is 4.73. The number of rotatable bonds is 6. The molecule has 1 amide bonds. The van der Waals surface area contributed by atoms with Crippen molar-refractivity contribution in [3.8, 4) is 5.69 Å². The van der Waals surface area contributed by atoms with Gasteiger partial charge in [-0.05, 0) is 44.0 Å². The van der Waals surface area contributed by atoms with E-state index >= 15 is 0 Å². The van der Waals surface area contributed by atoms with Gasteiger partial charge < -0.3 is 4.90 Å². The number of hydrogen-bond donors (Lipinski definition) is 0. The summed E-state index contributed by atoms with van der Waals surface area (Å²) in [5.74, 6) is -0.503. The van der Waals surface area contributed by atoms with E-state index < -0.39 is 5.56 Å². The molecule has 0 saturated heterocycles. The molecule has 0 saturated carbocycles. The molecule has 1 aromatic carbocycles. The molecule has 2 aromatic heterocycles. The van der Waals surface area contributed by atoms with Gasteiger partial charge in [0.15, 0.2) is 0 Å². The quantitative estimate of drug-likeness (QED) is 0.654. The molecule has 0 radical (unpaired) electrons. The molecule has 3 rings (SSSR count). The average Bonchev–Trinajstić information content (AvgIpc) is 3.10. The zero-order valence-corrected chi connectivity index (χ0v) is 16.5. The number of likely N-dealkylation sites (N-methyl/N-ethyl adjacent to an activating group) is 1. The Bertz CT molecular complexity index is 1050. The third kappa shape index (κ3) is 3.54. The van der Waals surface area contributed by atoms with Gasteiger partial charge >= 0.3 is 0 Å². The maximum atomic E-state index is 13.3. The highest BCUT2D eigenvalue weighted by atomic mass is 19.1. The summed E-state index contributed by atoms with van der Waals surface area (Å²) in [7, 11) is 0. The molecule has 0 bridgehead atoms. The van der Waals surface area contributed by atoms with Gasteiger partial charge in [-0.1, -0.05) is 13.8 Å². The minimum atomic E-state index is -0.401. The van der Waals surface area contributed by atoms with Crippen LogP contribution in [0.5, 0.6) is 0 Å². The molecule has 0 aliphatic carbocycles. The SMILES string of the molecule is CCN(CC)C(=O)Cn1nc(C(C)C)c2cnn(-c3ccc(F)cc3)c2c1=O. The maximum absolute atomic E-state index is 13.3. The molecule has 3 aromatic rings. The highest BCUT2D eigenvalue weighted by Crippen LogP contribution is 2.23. The van der Waals surface area contributed by atoms with E-state index in [9.17, 15) is 14.0 Å². The lowest BCUT2D eigenvalue weighted by Crippen LogP contribution is -2.38. The number of fused-ring (bicyclic) bond motifs is 1. The summed E-state index contributed by atoms with van der Waals surface area (Å²) >= 11 is 0. The molecule has 0 fully saturated rings. The fraction of sp³-hybridized carbons (Fsp3) is 0.400. The van der Waals surface area contributed by atoms with Gasteiger partial charge in [0, 0.05) is 18.5 Å². The molecule has 0 N–H and O–H groups in total. The van der Waals surface area contributed by atoms with Gasteiger partial charge in [-0.15, -0.1) is 0 Å². The molecule has 8 heteroatoms. The number of amides is 1. The predicted octanol–water partition coefficient (Wildman–Crippen LogP) is 2.71. The number of halogens is 1. The van der Waals surface area contributed by atoms with Crippen molar-refractivity contribution in [3.63, 3.8) is 0 Å². The Kier molecular flexibility index (Phi) is 5.58. The Labute approximate surface area is 162 Å². The van der Waals surface area contributed by atoms with Gasteiger partial charge in [0.1, 0.15) is 17.9 Å². The average molecular weight is 385 g/mol. The fourth-order valence-corrected chi connectivity index (χ4v) is 3.21. The first kappa shape index (κ1) is 19.7. The zero-order valence-electron chi connectivity index (χ0n) is 16.5. The van der Waals surface area contributed by atoms with E-state index in [1.165, 1.54) is 21.5 Å². The molecule has 28 heavy (non-hydrogen) atoms. The Hall–Kier alpha value is -3.03. The van der Waals surface area contributed by atoms with Crippen molar-refractivity contribution < 1.29 is 9.18 Å². The van der Waals surface area contributed by atoms with Crippen molar-refractivity contribution in [1.29, 1.82) is 0 Å². The normalized spacial score (nSPS) is 11.4. The third-order valence-corrected chi connectivity index (χ3v) is 4.73. The first-order valence-electron chi connectivity index (χ1n) is 9.39.